The van der Waals surface area contributed by atoms with Crippen molar-refractivity contribution in [3.8, 4) is 0 Å². The molecule has 0 unspecified atom stereocenters. The van der Waals surface area contributed by atoms with Gasteiger partial charge in [0.05, 0.1) is 0 Å². The largest absolute Gasteiger partial charge is 0.369 e. The number of carbonyl (C=O) groups is 1. The molecule has 0 spiro atoms. The summed E-state index contributed by atoms with van der Waals surface area (Å²) in [6.45, 7) is 6.48. The van der Waals surface area contributed by atoms with Gasteiger partial charge in [0.2, 0.25) is 5.91 Å². The van der Waals surface area contributed by atoms with Crippen molar-refractivity contribution in [2.45, 2.75) is 32.7 Å². The van der Waals surface area contributed by atoms with Gasteiger partial charge >= 0.3 is 0 Å². The number of carbonyl (C=O) groups excluding carboxylic acids is 1. The highest BCUT2D eigenvalue weighted by molar-refractivity contribution is 9.10. The summed E-state index contributed by atoms with van der Waals surface area (Å²) in [7, 11) is 0. The number of aromatic nitrogens is 1. The fourth-order valence-corrected chi connectivity index (χ4v) is 2.58. The van der Waals surface area contributed by atoms with E-state index in [1.807, 2.05) is 45.0 Å². The number of nitrogens with zero attached hydrogens (tertiary/aromatic N) is 1. The summed E-state index contributed by atoms with van der Waals surface area (Å²) in [4.78, 5) is 16.1. The molecule has 4 nitrogen and oxygen atoms in total. The topological polar surface area (TPSA) is 54.0 Å². The van der Waals surface area contributed by atoms with Crippen LogP contribution in [0.5, 0.6) is 0 Å². The molecule has 21 heavy (non-hydrogen) atoms. The van der Waals surface area contributed by atoms with Crippen molar-refractivity contribution in [1.82, 2.24) is 10.3 Å². The Morgan fingerprint density at radius 2 is 2.00 bits per heavy atom. The van der Waals surface area contributed by atoms with Crippen LogP contribution in [0.1, 0.15) is 27.2 Å². The first-order valence-electron chi connectivity index (χ1n) is 6.95. The highest BCUT2D eigenvalue weighted by Gasteiger charge is 2.13. The Morgan fingerprint density at radius 1 is 1.24 bits per heavy atom. The van der Waals surface area contributed by atoms with Gasteiger partial charge in [-0.3, -0.25) is 4.79 Å². The molecular weight excluding hydrogens is 330 g/mol. The van der Waals surface area contributed by atoms with E-state index in [4.69, 9.17) is 0 Å². The third-order valence-electron chi connectivity index (χ3n) is 2.91. The van der Waals surface area contributed by atoms with Crippen LogP contribution in [0, 0.1) is 0 Å². The van der Waals surface area contributed by atoms with Gasteiger partial charge in [0.25, 0.3) is 0 Å². The van der Waals surface area contributed by atoms with Crippen LogP contribution in [0.2, 0.25) is 0 Å². The zero-order valence-electron chi connectivity index (χ0n) is 12.5. The number of fused-ring (bicyclic) bond motifs is 1. The van der Waals surface area contributed by atoms with E-state index in [9.17, 15) is 4.79 Å². The maximum Gasteiger partial charge on any atom is 0.222 e. The SMILES string of the molecule is CC(C)(C)NC(=O)CCNc1nccc2c(Br)cccc12. The molecule has 1 aromatic heterocycles. The quantitative estimate of drug-likeness (QED) is 0.884. The first-order chi connectivity index (χ1) is 9.87. The molecule has 0 radical (unpaired) electrons. The van der Waals surface area contributed by atoms with Crippen LogP contribution in [0.25, 0.3) is 10.8 Å². The van der Waals surface area contributed by atoms with E-state index in [1.54, 1.807) is 6.20 Å². The standard InChI is InChI=1S/C16H20BrN3O/c1-16(2,3)20-14(21)8-10-19-15-12-5-4-6-13(17)11(12)7-9-18-15/h4-7,9H,8,10H2,1-3H3,(H,18,19)(H,20,21). The molecule has 2 aromatic rings. The van der Waals surface area contributed by atoms with Crippen LogP contribution >= 0.6 is 15.9 Å². The number of hydrogen-bond donors (Lipinski definition) is 2. The van der Waals surface area contributed by atoms with Crippen molar-refractivity contribution >= 4 is 38.4 Å². The van der Waals surface area contributed by atoms with Crippen LogP contribution in [0.4, 0.5) is 5.82 Å². The number of amides is 1. The molecule has 2 N–H and O–H groups in total. The van der Waals surface area contributed by atoms with E-state index < -0.39 is 0 Å². The van der Waals surface area contributed by atoms with Crippen LogP contribution < -0.4 is 10.6 Å². The smallest absolute Gasteiger partial charge is 0.222 e. The molecule has 1 aromatic carbocycles. The molecule has 0 atom stereocenters. The highest BCUT2D eigenvalue weighted by atomic mass is 79.9. The first-order valence-corrected chi connectivity index (χ1v) is 7.74. The molecule has 112 valence electrons. The molecule has 0 bridgehead atoms. The van der Waals surface area contributed by atoms with E-state index in [-0.39, 0.29) is 11.4 Å². The van der Waals surface area contributed by atoms with Gasteiger partial charge in [-0.25, -0.2) is 4.98 Å². The summed E-state index contributed by atoms with van der Waals surface area (Å²) in [6, 6.07) is 7.97. The molecule has 0 aliphatic heterocycles. The molecular formula is C16H20BrN3O. The minimum atomic E-state index is -0.195. The van der Waals surface area contributed by atoms with E-state index in [2.05, 4.69) is 31.5 Å². The number of halogens is 1. The van der Waals surface area contributed by atoms with E-state index in [0.717, 1.165) is 21.1 Å². The number of pyridine rings is 1. The van der Waals surface area contributed by atoms with Crippen LogP contribution in [-0.4, -0.2) is 23.0 Å². The maximum atomic E-state index is 11.8. The molecule has 0 aliphatic carbocycles. The zero-order chi connectivity index (χ0) is 15.5. The monoisotopic (exact) mass is 349 g/mol. The summed E-state index contributed by atoms with van der Waals surface area (Å²) in [5, 5.41) is 8.33. The van der Waals surface area contributed by atoms with Gasteiger partial charge in [-0.1, -0.05) is 28.1 Å². The third kappa shape index (κ3) is 4.43. The summed E-state index contributed by atoms with van der Waals surface area (Å²) in [5.74, 6) is 0.841. The summed E-state index contributed by atoms with van der Waals surface area (Å²) in [6.07, 6.45) is 2.19. The number of nitrogens with one attached hydrogen (secondary N) is 2. The minimum Gasteiger partial charge on any atom is -0.369 e. The van der Waals surface area contributed by atoms with Crippen molar-refractivity contribution in [2.24, 2.45) is 0 Å². The Hall–Kier alpha value is -1.62. The Kier molecular flexibility index (Phi) is 4.83. The maximum absolute atomic E-state index is 11.8. The Bertz CT molecular complexity index is 650. The second kappa shape index (κ2) is 6.43. The Morgan fingerprint density at radius 3 is 2.71 bits per heavy atom. The van der Waals surface area contributed by atoms with Gasteiger partial charge in [-0.15, -0.1) is 0 Å². The molecule has 0 saturated carbocycles. The van der Waals surface area contributed by atoms with Gasteiger partial charge in [0.15, 0.2) is 0 Å². The third-order valence-corrected chi connectivity index (χ3v) is 3.60. The highest BCUT2D eigenvalue weighted by Crippen LogP contribution is 2.27. The lowest BCUT2D eigenvalue weighted by atomic mass is 10.1. The van der Waals surface area contributed by atoms with E-state index in [1.165, 1.54) is 0 Å². The van der Waals surface area contributed by atoms with Crippen LogP contribution in [0.3, 0.4) is 0 Å². The van der Waals surface area contributed by atoms with Crippen LogP contribution in [-0.2, 0) is 4.79 Å². The van der Waals surface area contributed by atoms with Gasteiger partial charge in [-0.2, -0.15) is 0 Å². The number of rotatable bonds is 4. The van der Waals surface area contributed by atoms with Gasteiger partial charge < -0.3 is 10.6 Å². The van der Waals surface area contributed by atoms with Crippen molar-refractivity contribution in [3.63, 3.8) is 0 Å². The summed E-state index contributed by atoms with van der Waals surface area (Å²) < 4.78 is 1.04. The van der Waals surface area contributed by atoms with E-state index in [0.29, 0.717) is 13.0 Å². The first kappa shape index (κ1) is 15.8. The molecule has 1 heterocycles. The van der Waals surface area contributed by atoms with Crippen molar-refractivity contribution in [2.75, 3.05) is 11.9 Å². The molecule has 2 rings (SSSR count). The summed E-state index contributed by atoms with van der Waals surface area (Å²) in [5.41, 5.74) is -0.195. The van der Waals surface area contributed by atoms with Crippen LogP contribution in [0.15, 0.2) is 34.9 Å². The number of benzene rings is 1. The molecule has 0 fully saturated rings. The lowest BCUT2D eigenvalue weighted by molar-refractivity contribution is -0.122. The fraction of sp³-hybridized carbons (Fsp3) is 0.375. The second-order valence-corrected chi connectivity index (χ2v) is 6.82. The predicted octanol–water partition coefficient (Wildman–Crippen LogP) is 3.71. The molecule has 5 heteroatoms. The average molecular weight is 350 g/mol. The fourth-order valence-electron chi connectivity index (χ4n) is 2.08. The lowest BCUT2D eigenvalue weighted by Gasteiger charge is -2.20. The lowest BCUT2D eigenvalue weighted by Crippen LogP contribution is -2.41. The van der Waals surface area contributed by atoms with Crippen molar-refractivity contribution in [1.29, 1.82) is 0 Å². The minimum absolute atomic E-state index is 0.0383. The second-order valence-electron chi connectivity index (χ2n) is 5.97. The number of hydrogen-bond acceptors (Lipinski definition) is 3. The molecule has 0 aliphatic rings. The predicted molar refractivity (Wildman–Crippen MR) is 90.4 cm³/mol. The van der Waals surface area contributed by atoms with Gasteiger partial charge in [0.1, 0.15) is 5.82 Å². The average Bonchev–Trinajstić information content (AvgIpc) is 2.37. The zero-order valence-corrected chi connectivity index (χ0v) is 14.1. The Balaban J connectivity index is 2.01. The summed E-state index contributed by atoms with van der Waals surface area (Å²) >= 11 is 3.54. The van der Waals surface area contributed by atoms with Crippen molar-refractivity contribution < 1.29 is 4.79 Å². The number of anilines is 1. The van der Waals surface area contributed by atoms with Gasteiger partial charge in [0, 0.05) is 39.9 Å². The van der Waals surface area contributed by atoms with Crippen molar-refractivity contribution in [3.05, 3.63) is 34.9 Å². The molecule has 1 amide bonds. The van der Waals surface area contributed by atoms with Gasteiger partial charge in [-0.05, 0) is 32.9 Å². The Labute approximate surface area is 133 Å². The normalized spacial score (nSPS) is 11.4. The molecule has 0 saturated heterocycles. The van der Waals surface area contributed by atoms with E-state index >= 15 is 0 Å².